The zero-order chi connectivity index (χ0) is 9.80. The molecule has 0 N–H and O–H groups in total. The van der Waals surface area contributed by atoms with Crippen molar-refractivity contribution in [3.05, 3.63) is 0 Å². The Labute approximate surface area is 88.3 Å². The molecule has 0 bridgehead atoms. The monoisotopic (exact) mass is 196 g/mol. The van der Waals surface area contributed by atoms with Gasteiger partial charge in [0.1, 0.15) is 0 Å². The van der Waals surface area contributed by atoms with Crippen molar-refractivity contribution in [3.8, 4) is 0 Å². The summed E-state index contributed by atoms with van der Waals surface area (Å²) in [6, 6.07) is 0. The largest absolute Gasteiger partial charge is 0.302 e. The average Bonchev–Trinajstić information content (AvgIpc) is 2.67. The lowest BCUT2D eigenvalue weighted by Gasteiger charge is -2.32. The van der Waals surface area contributed by atoms with Crippen LogP contribution in [-0.4, -0.2) is 49.1 Å². The Morgan fingerprint density at radius 1 is 0.929 bits per heavy atom. The van der Waals surface area contributed by atoms with E-state index in [0.717, 1.165) is 5.92 Å². The highest BCUT2D eigenvalue weighted by Gasteiger charge is 2.17. The first-order valence-corrected chi connectivity index (χ1v) is 6.29. The minimum absolute atomic E-state index is 0.933. The number of nitrogens with zero attached hydrogens (tertiary/aromatic N) is 2. The fourth-order valence-corrected chi connectivity index (χ4v) is 2.78. The molecule has 0 radical (unpaired) electrons. The Morgan fingerprint density at radius 3 is 2.29 bits per heavy atom. The summed E-state index contributed by atoms with van der Waals surface area (Å²) in [5, 5.41) is 0. The molecule has 2 aliphatic heterocycles. The smallest absolute Gasteiger partial charge is 0.0109 e. The molecular weight excluding hydrogens is 172 g/mol. The Hall–Kier alpha value is -0.0800. The van der Waals surface area contributed by atoms with Gasteiger partial charge in [0.05, 0.1) is 0 Å². The molecule has 1 unspecified atom stereocenters. The van der Waals surface area contributed by atoms with Crippen LogP contribution in [-0.2, 0) is 0 Å². The van der Waals surface area contributed by atoms with Crippen molar-refractivity contribution in [3.63, 3.8) is 0 Å². The van der Waals surface area contributed by atoms with Gasteiger partial charge in [-0.25, -0.2) is 0 Å². The van der Waals surface area contributed by atoms with Crippen molar-refractivity contribution in [2.45, 2.75) is 32.6 Å². The van der Waals surface area contributed by atoms with Gasteiger partial charge in [-0.05, 0) is 51.2 Å². The molecular formula is C12H24N2. The van der Waals surface area contributed by atoms with Crippen LogP contribution in [0.15, 0.2) is 0 Å². The van der Waals surface area contributed by atoms with Gasteiger partial charge in [0.15, 0.2) is 0 Å². The highest BCUT2D eigenvalue weighted by Crippen LogP contribution is 2.15. The number of rotatable bonds is 3. The van der Waals surface area contributed by atoms with E-state index in [-0.39, 0.29) is 0 Å². The van der Waals surface area contributed by atoms with Crippen LogP contribution in [0.3, 0.4) is 0 Å². The second-order valence-corrected chi connectivity index (χ2v) is 5.10. The molecule has 1 atom stereocenters. The number of piperidine rings is 1. The minimum atomic E-state index is 0.933. The fraction of sp³-hybridized carbons (Fsp3) is 1.00. The molecule has 2 heteroatoms. The van der Waals surface area contributed by atoms with E-state index in [9.17, 15) is 0 Å². The standard InChI is InChI=1S/C12H24N2/c1-12-5-4-8-14(11-12)10-9-13-6-2-3-7-13/h12H,2-11H2,1H3. The van der Waals surface area contributed by atoms with Crippen LogP contribution in [0.5, 0.6) is 0 Å². The molecule has 2 rings (SSSR count). The summed E-state index contributed by atoms with van der Waals surface area (Å²) >= 11 is 0. The second-order valence-electron chi connectivity index (χ2n) is 5.10. The molecule has 2 aliphatic rings. The Kier molecular flexibility index (Phi) is 3.82. The molecule has 2 nitrogen and oxygen atoms in total. The van der Waals surface area contributed by atoms with E-state index < -0.39 is 0 Å². The summed E-state index contributed by atoms with van der Waals surface area (Å²) in [6.07, 6.45) is 5.72. The second kappa shape index (κ2) is 5.13. The number of hydrogen-bond acceptors (Lipinski definition) is 2. The summed E-state index contributed by atoms with van der Waals surface area (Å²) in [6.45, 7) is 10.4. The SMILES string of the molecule is CC1CCCN(CCN2CCCC2)C1. The van der Waals surface area contributed by atoms with Crippen molar-refractivity contribution in [1.82, 2.24) is 9.80 Å². The molecule has 2 fully saturated rings. The fourth-order valence-electron chi connectivity index (χ4n) is 2.78. The van der Waals surface area contributed by atoms with Gasteiger partial charge in [-0.15, -0.1) is 0 Å². The van der Waals surface area contributed by atoms with E-state index in [1.807, 2.05) is 0 Å². The lowest BCUT2D eigenvalue weighted by molar-refractivity contribution is 0.163. The van der Waals surface area contributed by atoms with Gasteiger partial charge >= 0.3 is 0 Å². The summed E-state index contributed by atoms with van der Waals surface area (Å²) in [4.78, 5) is 5.28. The third kappa shape index (κ3) is 2.96. The third-order valence-corrected chi connectivity index (χ3v) is 3.67. The predicted molar refractivity (Wildman–Crippen MR) is 60.5 cm³/mol. The Balaban J connectivity index is 1.64. The van der Waals surface area contributed by atoms with E-state index in [1.54, 1.807) is 0 Å². The minimum Gasteiger partial charge on any atom is -0.302 e. The molecule has 82 valence electrons. The first-order valence-electron chi connectivity index (χ1n) is 6.29. The zero-order valence-electron chi connectivity index (χ0n) is 9.54. The molecule has 2 saturated heterocycles. The van der Waals surface area contributed by atoms with Gasteiger partial charge in [0.2, 0.25) is 0 Å². The van der Waals surface area contributed by atoms with Gasteiger partial charge in [-0.2, -0.15) is 0 Å². The van der Waals surface area contributed by atoms with Crippen LogP contribution in [0.2, 0.25) is 0 Å². The molecule has 0 aliphatic carbocycles. The lowest BCUT2D eigenvalue weighted by Crippen LogP contribution is -2.39. The maximum absolute atomic E-state index is 2.66. The summed E-state index contributed by atoms with van der Waals surface area (Å²) in [5.41, 5.74) is 0. The Bertz CT molecular complexity index is 164. The van der Waals surface area contributed by atoms with Crippen molar-refractivity contribution >= 4 is 0 Å². The van der Waals surface area contributed by atoms with Crippen LogP contribution in [0, 0.1) is 5.92 Å². The van der Waals surface area contributed by atoms with Crippen LogP contribution in [0.25, 0.3) is 0 Å². The first kappa shape index (κ1) is 10.4. The normalized spacial score (nSPS) is 31.1. The van der Waals surface area contributed by atoms with Crippen LogP contribution >= 0.6 is 0 Å². The van der Waals surface area contributed by atoms with E-state index in [4.69, 9.17) is 0 Å². The highest BCUT2D eigenvalue weighted by molar-refractivity contribution is 4.73. The van der Waals surface area contributed by atoms with Crippen LogP contribution in [0.1, 0.15) is 32.6 Å². The van der Waals surface area contributed by atoms with E-state index in [2.05, 4.69) is 16.7 Å². The van der Waals surface area contributed by atoms with E-state index in [0.29, 0.717) is 0 Å². The van der Waals surface area contributed by atoms with E-state index >= 15 is 0 Å². The summed E-state index contributed by atoms with van der Waals surface area (Å²) in [5.74, 6) is 0.933. The molecule has 0 aromatic rings. The molecule has 0 spiro atoms. The number of hydrogen-bond donors (Lipinski definition) is 0. The topological polar surface area (TPSA) is 6.48 Å². The average molecular weight is 196 g/mol. The Morgan fingerprint density at radius 2 is 1.57 bits per heavy atom. The van der Waals surface area contributed by atoms with Crippen molar-refractivity contribution < 1.29 is 0 Å². The van der Waals surface area contributed by atoms with E-state index in [1.165, 1.54) is 65.0 Å². The van der Waals surface area contributed by atoms with Gasteiger partial charge in [-0.3, -0.25) is 0 Å². The summed E-state index contributed by atoms with van der Waals surface area (Å²) < 4.78 is 0. The molecule has 0 saturated carbocycles. The zero-order valence-corrected chi connectivity index (χ0v) is 9.54. The number of likely N-dealkylation sites (tertiary alicyclic amines) is 2. The van der Waals surface area contributed by atoms with Crippen LogP contribution < -0.4 is 0 Å². The summed E-state index contributed by atoms with van der Waals surface area (Å²) in [7, 11) is 0. The molecule has 0 aromatic heterocycles. The highest BCUT2D eigenvalue weighted by atomic mass is 15.2. The van der Waals surface area contributed by atoms with Crippen molar-refractivity contribution in [2.24, 2.45) is 5.92 Å². The molecule has 0 aromatic carbocycles. The maximum atomic E-state index is 2.66. The first-order chi connectivity index (χ1) is 6.84. The van der Waals surface area contributed by atoms with Crippen molar-refractivity contribution in [1.29, 1.82) is 0 Å². The maximum Gasteiger partial charge on any atom is 0.0109 e. The predicted octanol–water partition coefficient (Wildman–Crippen LogP) is 1.81. The molecule has 2 heterocycles. The lowest BCUT2D eigenvalue weighted by atomic mass is 10.0. The van der Waals surface area contributed by atoms with Crippen molar-refractivity contribution in [2.75, 3.05) is 39.3 Å². The van der Waals surface area contributed by atoms with Gasteiger partial charge < -0.3 is 9.80 Å². The molecule has 0 amide bonds. The van der Waals surface area contributed by atoms with Gasteiger partial charge in [0.25, 0.3) is 0 Å². The van der Waals surface area contributed by atoms with Crippen LogP contribution in [0.4, 0.5) is 0 Å². The third-order valence-electron chi connectivity index (χ3n) is 3.67. The van der Waals surface area contributed by atoms with Gasteiger partial charge in [0, 0.05) is 19.6 Å². The molecule has 14 heavy (non-hydrogen) atoms. The van der Waals surface area contributed by atoms with Gasteiger partial charge in [-0.1, -0.05) is 6.92 Å². The quantitative estimate of drug-likeness (QED) is 0.679.